The van der Waals surface area contributed by atoms with Crippen LogP contribution in [0.25, 0.3) is 0 Å². The second-order valence-electron chi connectivity index (χ2n) is 7.25. The van der Waals surface area contributed by atoms with E-state index in [9.17, 15) is 0 Å². The summed E-state index contributed by atoms with van der Waals surface area (Å²) in [4.78, 5) is 7.13. The highest BCUT2D eigenvalue weighted by atomic mass is 15.2. The number of aromatic nitrogens is 1. The van der Waals surface area contributed by atoms with Crippen molar-refractivity contribution in [1.82, 2.24) is 4.98 Å². The quantitative estimate of drug-likeness (QED) is 0.925. The highest BCUT2D eigenvalue weighted by molar-refractivity contribution is 5.40. The van der Waals surface area contributed by atoms with Gasteiger partial charge in [0.2, 0.25) is 0 Å². The van der Waals surface area contributed by atoms with Crippen molar-refractivity contribution < 1.29 is 0 Å². The van der Waals surface area contributed by atoms with Gasteiger partial charge in [0.05, 0.1) is 0 Å². The molecule has 3 rings (SSSR count). The number of hydrogen-bond acceptors (Lipinski definition) is 3. The maximum atomic E-state index is 5.85. The molecule has 0 bridgehead atoms. The molecule has 0 aromatic carbocycles. The van der Waals surface area contributed by atoms with Gasteiger partial charge in [0.25, 0.3) is 0 Å². The first-order valence-corrected chi connectivity index (χ1v) is 8.62. The first kappa shape index (κ1) is 14.8. The predicted molar refractivity (Wildman–Crippen MR) is 88.6 cm³/mol. The largest absolute Gasteiger partial charge is 0.357 e. The highest BCUT2D eigenvalue weighted by Gasteiger charge is 2.35. The summed E-state index contributed by atoms with van der Waals surface area (Å²) in [5, 5.41) is 0. The van der Waals surface area contributed by atoms with E-state index >= 15 is 0 Å². The summed E-state index contributed by atoms with van der Waals surface area (Å²) >= 11 is 0. The molecule has 1 aliphatic carbocycles. The first-order chi connectivity index (χ1) is 10.2. The minimum atomic E-state index is 0.207. The third kappa shape index (κ3) is 3.57. The zero-order chi connectivity index (χ0) is 14.7. The fourth-order valence-electron chi connectivity index (χ4n) is 4.11. The number of rotatable bonds is 3. The van der Waals surface area contributed by atoms with E-state index in [0.29, 0.717) is 5.41 Å². The molecule has 2 heterocycles. The van der Waals surface area contributed by atoms with Crippen LogP contribution in [0.4, 0.5) is 5.82 Å². The molecule has 1 saturated carbocycles. The maximum absolute atomic E-state index is 5.85. The van der Waals surface area contributed by atoms with Crippen LogP contribution in [0.3, 0.4) is 0 Å². The van der Waals surface area contributed by atoms with Crippen molar-refractivity contribution in [2.45, 2.75) is 64.3 Å². The fraction of sp³-hybridized carbons (Fsp3) is 0.722. The van der Waals surface area contributed by atoms with Gasteiger partial charge in [0.1, 0.15) is 5.82 Å². The average Bonchev–Trinajstić information content (AvgIpc) is 2.49. The van der Waals surface area contributed by atoms with Crippen LogP contribution in [0.5, 0.6) is 0 Å². The van der Waals surface area contributed by atoms with Crippen LogP contribution in [-0.2, 0) is 6.42 Å². The van der Waals surface area contributed by atoms with Gasteiger partial charge in [0.15, 0.2) is 0 Å². The van der Waals surface area contributed by atoms with E-state index in [0.717, 1.165) is 12.2 Å². The third-order valence-electron chi connectivity index (χ3n) is 5.43. The molecular formula is C18H29N3. The molecule has 1 spiro atoms. The topological polar surface area (TPSA) is 42.1 Å². The smallest absolute Gasteiger partial charge is 0.128 e. The lowest BCUT2D eigenvalue weighted by atomic mass is 9.68. The average molecular weight is 287 g/mol. The van der Waals surface area contributed by atoms with Gasteiger partial charge >= 0.3 is 0 Å². The van der Waals surface area contributed by atoms with Crippen LogP contribution < -0.4 is 10.6 Å². The molecule has 0 radical (unpaired) electrons. The summed E-state index contributed by atoms with van der Waals surface area (Å²) in [5.41, 5.74) is 7.76. The van der Waals surface area contributed by atoms with Crippen molar-refractivity contribution in [3.63, 3.8) is 0 Å². The number of pyridine rings is 1. The van der Waals surface area contributed by atoms with Crippen molar-refractivity contribution in [3.8, 4) is 0 Å². The monoisotopic (exact) mass is 287 g/mol. The Kier molecular flexibility index (Phi) is 4.48. The Morgan fingerprint density at radius 2 is 1.86 bits per heavy atom. The van der Waals surface area contributed by atoms with Crippen molar-refractivity contribution in [3.05, 3.63) is 23.9 Å². The van der Waals surface area contributed by atoms with Gasteiger partial charge in [-0.3, -0.25) is 0 Å². The molecule has 2 aliphatic rings. The van der Waals surface area contributed by atoms with Crippen molar-refractivity contribution in [2.75, 3.05) is 18.0 Å². The van der Waals surface area contributed by atoms with Crippen molar-refractivity contribution >= 4 is 5.82 Å². The summed E-state index contributed by atoms with van der Waals surface area (Å²) in [5.74, 6) is 1.15. The Morgan fingerprint density at radius 1 is 1.14 bits per heavy atom. The number of piperidine rings is 1. The Hall–Kier alpha value is -1.09. The first-order valence-electron chi connectivity index (χ1n) is 8.62. The highest BCUT2D eigenvalue weighted by Crippen LogP contribution is 2.44. The molecule has 1 saturated heterocycles. The minimum Gasteiger partial charge on any atom is -0.357 e. The number of anilines is 1. The second kappa shape index (κ2) is 6.35. The molecule has 1 atom stereocenters. The van der Waals surface area contributed by atoms with E-state index in [2.05, 4.69) is 22.0 Å². The van der Waals surface area contributed by atoms with Crippen LogP contribution in [0, 0.1) is 5.41 Å². The van der Waals surface area contributed by atoms with E-state index in [-0.39, 0.29) is 6.04 Å². The van der Waals surface area contributed by atoms with E-state index < -0.39 is 0 Å². The lowest BCUT2D eigenvalue weighted by Gasteiger charge is -2.44. The van der Waals surface area contributed by atoms with Gasteiger partial charge in [-0.25, -0.2) is 4.98 Å². The van der Waals surface area contributed by atoms with E-state index in [1.807, 2.05) is 13.1 Å². The van der Waals surface area contributed by atoms with Crippen molar-refractivity contribution in [1.29, 1.82) is 0 Å². The minimum absolute atomic E-state index is 0.207. The Morgan fingerprint density at radius 3 is 2.43 bits per heavy atom. The van der Waals surface area contributed by atoms with Gasteiger partial charge in [0, 0.05) is 25.3 Å². The van der Waals surface area contributed by atoms with Gasteiger partial charge in [-0.15, -0.1) is 0 Å². The summed E-state index contributed by atoms with van der Waals surface area (Å²) in [6.07, 6.45) is 12.9. The van der Waals surface area contributed by atoms with E-state index in [1.165, 1.54) is 63.6 Å². The molecule has 1 aliphatic heterocycles. The predicted octanol–water partition coefficient (Wildman–Crippen LogP) is 3.52. The number of hydrogen-bond donors (Lipinski definition) is 1. The van der Waals surface area contributed by atoms with Gasteiger partial charge in [-0.05, 0) is 56.1 Å². The zero-order valence-corrected chi connectivity index (χ0v) is 13.4. The molecule has 1 unspecified atom stereocenters. The Bertz CT molecular complexity index is 436. The Labute approximate surface area is 128 Å². The molecule has 1 aromatic heterocycles. The zero-order valence-electron chi connectivity index (χ0n) is 13.4. The van der Waals surface area contributed by atoms with Crippen LogP contribution in [0.2, 0.25) is 0 Å². The second-order valence-corrected chi connectivity index (χ2v) is 7.25. The van der Waals surface area contributed by atoms with Gasteiger partial charge in [-0.1, -0.05) is 25.3 Å². The molecule has 3 nitrogen and oxygen atoms in total. The lowest BCUT2D eigenvalue weighted by molar-refractivity contribution is 0.144. The normalized spacial score (nSPS) is 23.2. The maximum Gasteiger partial charge on any atom is 0.128 e. The molecule has 2 N–H and O–H groups in total. The number of nitrogens with zero attached hydrogens (tertiary/aromatic N) is 2. The molecule has 116 valence electrons. The van der Waals surface area contributed by atoms with Crippen LogP contribution in [-0.4, -0.2) is 24.1 Å². The van der Waals surface area contributed by atoms with Gasteiger partial charge < -0.3 is 10.6 Å². The van der Waals surface area contributed by atoms with E-state index in [4.69, 9.17) is 5.73 Å². The molecule has 2 fully saturated rings. The molecule has 1 aromatic rings. The van der Waals surface area contributed by atoms with Crippen LogP contribution in [0.15, 0.2) is 18.3 Å². The lowest BCUT2D eigenvalue weighted by Crippen LogP contribution is -2.41. The van der Waals surface area contributed by atoms with Crippen LogP contribution >= 0.6 is 0 Å². The Balaban J connectivity index is 1.58. The summed E-state index contributed by atoms with van der Waals surface area (Å²) in [6, 6.07) is 4.58. The molecular weight excluding hydrogens is 258 g/mol. The number of nitrogens with two attached hydrogens (primary N) is 1. The van der Waals surface area contributed by atoms with Gasteiger partial charge in [-0.2, -0.15) is 0 Å². The fourth-order valence-corrected chi connectivity index (χ4v) is 4.11. The summed E-state index contributed by atoms with van der Waals surface area (Å²) in [6.45, 7) is 4.40. The van der Waals surface area contributed by atoms with Crippen molar-refractivity contribution in [2.24, 2.45) is 11.1 Å². The molecule has 0 amide bonds. The summed E-state index contributed by atoms with van der Waals surface area (Å²) < 4.78 is 0. The van der Waals surface area contributed by atoms with Crippen LogP contribution in [0.1, 0.15) is 57.4 Å². The standard InChI is InChI=1S/C18H29N3/c1-15(19)13-16-5-6-17(20-14-16)21-11-9-18(10-12-21)7-3-2-4-8-18/h5-6,14-15H,2-4,7-13,19H2,1H3. The van der Waals surface area contributed by atoms with E-state index in [1.54, 1.807) is 0 Å². The summed E-state index contributed by atoms with van der Waals surface area (Å²) in [7, 11) is 0. The molecule has 3 heteroatoms. The SMILES string of the molecule is CC(N)Cc1ccc(N2CCC3(CCCCC3)CC2)nc1. The molecule has 21 heavy (non-hydrogen) atoms. The third-order valence-corrected chi connectivity index (χ3v) is 5.43.